The maximum Gasteiger partial charge on any atom is 0.243 e. The summed E-state index contributed by atoms with van der Waals surface area (Å²) in [5.41, 5.74) is 8.99. The minimum atomic E-state index is -1.04. The van der Waals surface area contributed by atoms with Gasteiger partial charge >= 0.3 is 0 Å². The predicted molar refractivity (Wildman–Crippen MR) is 158 cm³/mol. The fraction of sp³-hybridized carbons (Fsp3) is 0.250. The molecule has 6 N–H and O–H groups in total. The van der Waals surface area contributed by atoms with E-state index in [1.165, 1.54) is 0 Å². The van der Waals surface area contributed by atoms with Crippen molar-refractivity contribution < 1.29 is 19.2 Å². The first-order chi connectivity index (χ1) is 19.9. The van der Waals surface area contributed by atoms with Crippen LogP contribution in [0.4, 0.5) is 0 Å². The summed E-state index contributed by atoms with van der Waals surface area (Å²) >= 11 is 0. The number of fused-ring (bicyclic) bond motifs is 1. The molecule has 4 aromatic rings. The molecule has 0 unspecified atom stereocenters. The van der Waals surface area contributed by atoms with E-state index in [0.29, 0.717) is 13.0 Å². The van der Waals surface area contributed by atoms with Crippen LogP contribution in [0.2, 0.25) is 0 Å². The number of hydrogen-bond acceptors (Lipinski definition) is 4. The van der Waals surface area contributed by atoms with Gasteiger partial charge in [-0.2, -0.15) is 0 Å². The summed E-state index contributed by atoms with van der Waals surface area (Å²) in [4.78, 5) is 54.4. The molecule has 9 heteroatoms. The normalized spacial score (nSPS) is 12.3. The number of carbonyl (C=O) groups is 4. The Balaban J connectivity index is 1.48. The Bertz CT molecular complexity index is 1470. The van der Waals surface area contributed by atoms with Crippen LogP contribution in [0, 0.1) is 0 Å². The van der Waals surface area contributed by atoms with Crippen LogP contribution in [0.5, 0.6) is 0 Å². The third-order valence-electron chi connectivity index (χ3n) is 6.83. The number of hydrogen-bond donors (Lipinski definition) is 5. The van der Waals surface area contributed by atoms with E-state index in [9.17, 15) is 19.2 Å². The zero-order valence-corrected chi connectivity index (χ0v) is 22.8. The molecule has 3 aromatic carbocycles. The quantitative estimate of drug-likeness (QED) is 0.163. The molecule has 0 aliphatic carbocycles. The predicted octanol–water partition coefficient (Wildman–Crippen LogP) is 2.55. The Labute approximate surface area is 238 Å². The number of amides is 4. The van der Waals surface area contributed by atoms with Crippen molar-refractivity contribution in [1.82, 2.24) is 20.9 Å². The van der Waals surface area contributed by atoms with Gasteiger partial charge in [0.05, 0.1) is 6.42 Å². The van der Waals surface area contributed by atoms with E-state index < -0.39 is 23.9 Å². The summed E-state index contributed by atoms with van der Waals surface area (Å²) in [5.74, 6) is -1.87. The van der Waals surface area contributed by atoms with E-state index in [1.807, 2.05) is 91.1 Å². The van der Waals surface area contributed by atoms with E-state index in [1.54, 1.807) is 0 Å². The Morgan fingerprint density at radius 1 is 0.756 bits per heavy atom. The minimum absolute atomic E-state index is 0.0110. The number of aromatic nitrogens is 1. The molecule has 1 aromatic heterocycles. The zero-order valence-electron chi connectivity index (χ0n) is 22.8. The second kappa shape index (κ2) is 14.5. The van der Waals surface area contributed by atoms with E-state index in [0.717, 1.165) is 27.6 Å². The fourth-order valence-corrected chi connectivity index (χ4v) is 4.68. The molecule has 0 radical (unpaired) electrons. The molecule has 1 heterocycles. The van der Waals surface area contributed by atoms with Crippen LogP contribution in [-0.4, -0.2) is 47.2 Å². The van der Waals surface area contributed by atoms with Crippen molar-refractivity contribution in [1.29, 1.82) is 0 Å². The van der Waals surface area contributed by atoms with Gasteiger partial charge in [0, 0.05) is 36.5 Å². The number of nitrogens with two attached hydrogens (primary N) is 1. The number of para-hydroxylation sites is 1. The molecule has 4 amide bonds. The summed E-state index contributed by atoms with van der Waals surface area (Å²) < 4.78 is 0. The van der Waals surface area contributed by atoms with Crippen molar-refractivity contribution in [2.75, 3.05) is 6.54 Å². The molecule has 0 aliphatic rings. The van der Waals surface area contributed by atoms with E-state index in [2.05, 4.69) is 20.9 Å². The van der Waals surface area contributed by atoms with Gasteiger partial charge in [0.15, 0.2) is 0 Å². The minimum Gasteiger partial charge on any atom is -0.370 e. The summed E-state index contributed by atoms with van der Waals surface area (Å²) in [6.07, 6.45) is 2.68. The highest BCUT2D eigenvalue weighted by atomic mass is 16.2. The number of nitrogens with one attached hydrogen (secondary N) is 4. The Hall–Kier alpha value is -4.92. The van der Waals surface area contributed by atoms with Crippen LogP contribution >= 0.6 is 0 Å². The molecule has 0 aliphatic heterocycles. The highest BCUT2D eigenvalue weighted by Crippen LogP contribution is 2.19. The van der Waals surface area contributed by atoms with Crippen LogP contribution in [0.25, 0.3) is 10.9 Å². The van der Waals surface area contributed by atoms with Gasteiger partial charge in [-0.3, -0.25) is 19.2 Å². The van der Waals surface area contributed by atoms with Crippen LogP contribution in [-0.2, 0) is 38.4 Å². The van der Waals surface area contributed by atoms with Crippen molar-refractivity contribution in [2.45, 2.75) is 44.2 Å². The van der Waals surface area contributed by atoms with Crippen molar-refractivity contribution >= 4 is 34.5 Å². The van der Waals surface area contributed by atoms with E-state index >= 15 is 0 Å². The van der Waals surface area contributed by atoms with Gasteiger partial charge < -0.3 is 26.7 Å². The Kier molecular flexibility index (Phi) is 10.3. The lowest BCUT2D eigenvalue weighted by molar-refractivity contribution is -0.132. The van der Waals surface area contributed by atoms with E-state index in [4.69, 9.17) is 5.73 Å². The van der Waals surface area contributed by atoms with Crippen LogP contribution in [0.3, 0.4) is 0 Å². The third-order valence-corrected chi connectivity index (χ3v) is 6.83. The highest BCUT2D eigenvalue weighted by molar-refractivity contribution is 5.93. The van der Waals surface area contributed by atoms with Crippen molar-refractivity contribution in [2.24, 2.45) is 5.73 Å². The highest BCUT2D eigenvalue weighted by Gasteiger charge is 2.28. The number of rotatable bonds is 14. The molecular formula is C32H35N5O4. The van der Waals surface area contributed by atoms with Gasteiger partial charge in [0.2, 0.25) is 23.6 Å². The van der Waals surface area contributed by atoms with Gasteiger partial charge in [-0.25, -0.2) is 0 Å². The smallest absolute Gasteiger partial charge is 0.243 e. The van der Waals surface area contributed by atoms with Crippen molar-refractivity contribution in [3.05, 3.63) is 108 Å². The number of aromatic amines is 1. The molecule has 2 atom stereocenters. The molecule has 0 bridgehead atoms. The molecular weight excluding hydrogens is 518 g/mol. The first-order valence-corrected chi connectivity index (χ1v) is 13.7. The molecule has 4 rings (SSSR count). The molecule has 212 valence electrons. The maximum atomic E-state index is 13.5. The monoisotopic (exact) mass is 553 g/mol. The fourth-order valence-electron chi connectivity index (χ4n) is 4.68. The van der Waals surface area contributed by atoms with E-state index in [-0.39, 0.29) is 37.5 Å². The largest absolute Gasteiger partial charge is 0.370 e. The standard InChI is InChI=1S/C32H35N5O4/c33-29(38)16-15-27(36-30(39)19-23-11-5-2-6-12-23)32(41)37-28(20-24-21-35-26-14-8-7-13-25(24)26)31(40)34-18-17-22-9-3-1-4-10-22/h1-14,21,27-28,35H,15-20H2,(H2,33,38)(H,34,40)(H,36,39)(H,37,41)/t27-,28-/m0/s1. The average molecular weight is 554 g/mol. The number of primary amides is 1. The number of carbonyl (C=O) groups excluding carboxylic acids is 4. The van der Waals surface area contributed by atoms with Gasteiger partial charge in [-0.05, 0) is 35.6 Å². The zero-order chi connectivity index (χ0) is 29.0. The average Bonchev–Trinajstić information content (AvgIpc) is 3.38. The first kappa shape index (κ1) is 29.1. The van der Waals surface area contributed by atoms with Crippen LogP contribution in [0.1, 0.15) is 29.5 Å². The lowest BCUT2D eigenvalue weighted by atomic mass is 10.0. The Morgan fingerprint density at radius 3 is 2.12 bits per heavy atom. The first-order valence-electron chi connectivity index (χ1n) is 13.7. The second-order valence-corrected chi connectivity index (χ2v) is 9.94. The van der Waals surface area contributed by atoms with Gasteiger partial charge in [0.25, 0.3) is 0 Å². The number of benzene rings is 3. The van der Waals surface area contributed by atoms with Gasteiger partial charge in [-0.1, -0.05) is 78.9 Å². The summed E-state index contributed by atoms with van der Waals surface area (Å²) in [5, 5.41) is 9.43. The topological polar surface area (TPSA) is 146 Å². The molecule has 0 spiro atoms. The van der Waals surface area contributed by atoms with Gasteiger partial charge in [-0.15, -0.1) is 0 Å². The molecule has 0 fully saturated rings. The van der Waals surface area contributed by atoms with Gasteiger partial charge in [0.1, 0.15) is 12.1 Å². The van der Waals surface area contributed by atoms with Crippen LogP contribution < -0.4 is 21.7 Å². The maximum absolute atomic E-state index is 13.5. The Morgan fingerprint density at radius 2 is 1.41 bits per heavy atom. The lowest BCUT2D eigenvalue weighted by Crippen LogP contribution is -2.55. The molecule has 0 saturated heterocycles. The van der Waals surface area contributed by atoms with Crippen molar-refractivity contribution in [3.8, 4) is 0 Å². The number of H-pyrrole nitrogens is 1. The third kappa shape index (κ3) is 8.79. The molecule has 0 saturated carbocycles. The molecule has 9 nitrogen and oxygen atoms in total. The molecule has 41 heavy (non-hydrogen) atoms. The summed E-state index contributed by atoms with van der Waals surface area (Å²) in [7, 11) is 0. The SMILES string of the molecule is NC(=O)CC[C@H](NC(=O)Cc1ccccc1)C(=O)N[C@@H](Cc1c[nH]c2ccccc12)C(=O)NCCc1ccccc1. The van der Waals surface area contributed by atoms with Crippen molar-refractivity contribution in [3.63, 3.8) is 0 Å². The second-order valence-electron chi connectivity index (χ2n) is 9.94. The summed E-state index contributed by atoms with van der Waals surface area (Å²) in [6.45, 7) is 0.391. The lowest BCUT2D eigenvalue weighted by Gasteiger charge is -2.23. The van der Waals surface area contributed by atoms with Crippen LogP contribution in [0.15, 0.2) is 91.1 Å². The summed E-state index contributed by atoms with van der Waals surface area (Å²) in [6, 6.07) is 24.7.